The van der Waals surface area contributed by atoms with E-state index in [0.29, 0.717) is 0 Å². The van der Waals surface area contributed by atoms with E-state index in [1.807, 2.05) is 0 Å². The van der Waals surface area contributed by atoms with Crippen LogP contribution in [0.1, 0.15) is 0 Å². The number of carbonyl (C=O) groups excluding carboxylic acids is 1. The lowest BCUT2D eigenvalue weighted by Gasteiger charge is -2.04. The number of hydrogen-bond donors (Lipinski definition) is 2. The van der Waals surface area contributed by atoms with Crippen molar-refractivity contribution in [2.75, 3.05) is 6.54 Å². The summed E-state index contributed by atoms with van der Waals surface area (Å²) in [6.45, 7) is -0.597. The topological polar surface area (TPSA) is 106 Å². The van der Waals surface area contributed by atoms with E-state index in [4.69, 9.17) is 5.11 Å². The number of carbonyl (C=O) groups is 2. The van der Waals surface area contributed by atoms with Gasteiger partial charge in [-0.3, -0.25) is 9.59 Å². The molecule has 1 atom stereocenters. The zero-order valence-electron chi connectivity index (χ0n) is 5.39. The number of aliphatic carboxylic acids is 1. The van der Waals surface area contributed by atoms with E-state index in [9.17, 15) is 14.8 Å². The van der Waals surface area contributed by atoms with Gasteiger partial charge in [0.2, 0.25) is 5.91 Å². The summed E-state index contributed by atoms with van der Waals surface area (Å²) in [5.74, 6) is -4.03. The molecule has 1 amide bonds. The Balaban J connectivity index is 4.23. The third-order valence-electron chi connectivity index (χ3n) is 0.973. The molecule has 0 aromatic rings. The third-order valence-corrected chi connectivity index (χ3v) is 1.12. The molecule has 1 unspecified atom stereocenters. The van der Waals surface area contributed by atoms with Gasteiger partial charge in [0.05, 0.1) is 0 Å². The van der Waals surface area contributed by atoms with E-state index in [0.717, 1.165) is 0 Å². The predicted octanol–water partition coefficient (Wildman–Crippen LogP) is -1.59. The van der Waals surface area contributed by atoms with Crippen LogP contribution in [0.3, 0.4) is 0 Å². The van der Waals surface area contributed by atoms with E-state index in [1.54, 1.807) is 0 Å². The summed E-state index contributed by atoms with van der Waals surface area (Å²) in [6, 6.07) is 0. The number of nitrogens with zero attached hydrogens (tertiary/aromatic N) is 1. The zero-order chi connectivity index (χ0) is 9.02. The Morgan fingerprint density at radius 3 is 2.27 bits per heavy atom. The van der Waals surface area contributed by atoms with Crippen molar-refractivity contribution in [2.45, 2.75) is 0 Å². The van der Waals surface area contributed by atoms with E-state index < -0.39 is 24.3 Å². The molecule has 0 fully saturated rings. The predicted molar refractivity (Wildman–Crippen MR) is 36.2 cm³/mol. The van der Waals surface area contributed by atoms with Gasteiger partial charge < -0.3 is 16.0 Å². The first-order valence-corrected chi connectivity index (χ1v) is 2.95. The minimum atomic E-state index is -1.52. The minimum absolute atomic E-state index is 0.0659. The average molecular weight is 178 g/mol. The maximum Gasteiger partial charge on any atom is 0.322 e. The summed E-state index contributed by atoms with van der Waals surface area (Å²) in [5.41, 5.74) is 4.65. The van der Waals surface area contributed by atoms with E-state index in [2.05, 4.69) is 18.2 Å². The molecular weight excluding hydrogens is 172 g/mol. The van der Waals surface area contributed by atoms with Crippen molar-refractivity contribution >= 4 is 24.3 Å². The summed E-state index contributed by atoms with van der Waals surface area (Å²) in [4.78, 5) is 20.5. The second-order valence-corrected chi connectivity index (χ2v) is 2.22. The molecule has 0 saturated carbocycles. The molecule has 0 aromatic carbocycles. The van der Waals surface area contributed by atoms with E-state index in [1.165, 1.54) is 0 Å². The van der Waals surface area contributed by atoms with Gasteiger partial charge in [-0.2, -0.15) is 0 Å². The molecular formula is C4H6N2O4S. The Bertz CT molecular complexity index is 190. The van der Waals surface area contributed by atoms with Crippen LogP contribution in [-0.2, 0) is 22.0 Å². The first-order chi connectivity index (χ1) is 4.95. The van der Waals surface area contributed by atoms with Gasteiger partial charge >= 0.3 is 5.97 Å². The van der Waals surface area contributed by atoms with Crippen molar-refractivity contribution in [3.8, 4) is 0 Å². The first-order valence-electron chi connectivity index (χ1n) is 2.59. The Morgan fingerprint density at radius 1 is 1.73 bits per heavy atom. The molecule has 0 heterocycles. The van der Waals surface area contributed by atoms with Crippen LogP contribution in [-0.4, -0.2) is 27.6 Å². The molecule has 0 aliphatic carbocycles. The van der Waals surface area contributed by atoms with Gasteiger partial charge in [0.1, 0.15) is 0 Å². The molecule has 0 spiro atoms. The molecule has 7 heteroatoms. The number of rotatable bonds is 4. The van der Waals surface area contributed by atoms with Crippen molar-refractivity contribution in [3.63, 3.8) is 0 Å². The second-order valence-electron chi connectivity index (χ2n) is 1.81. The first kappa shape index (κ1) is 9.76. The Labute approximate surface area is 67.3 Å². The normalized spacial score (nSPS) is 12.0. The van der Waals surface area contributed by atoms with Gasteiger partial charge in [-0.25, -0.2) is 0 Å². The Morgan fingerprint density at radius 2 is 2.18 bits per heavy atom. The second kappa shape index (κ2) is 3.81. The van der Waals surface area contributed by atoms with E-state index >= 15 is 0 Å². The highest BCUT2D eigenvalue weighted by Crippen LogP contribution is 1.94. The quantitative estimate of drug-likeness (QED) is 0.307. The van der Waals surface area contributed by atoms with Crippen LogP contribution in [0.15, 0.2) is 0 Å². The van der Waals surface area contributed by atoms with Crippen LogP contribution in [0, 0.1) is 11.1 Å². The zero-order valence-corrected chi connectivity index (χ0v) is 6.21. The van der Waals surface area contributed by atoms with Gasteiger partial charge in [0.25, 0.3) is 12.4 Å². The van der Waals surface area contributed by atoms with Crippen LogP contribution < -0.4 is 5.73 Å². The van der Waals surface area contributed by atoms with Crippen LogP contribution in [0.2, 0.25) is 0 Å². The summed E-state index contributed by atoms with van der Waals surface area (Å²) in [5, 5.41) is 18.4. The molecule has 0 aromatic heterocycles. The fourth-order valence-corrected chi connectivity index (χ4v) is 0.588. The van der Waals surface area contributed by atoms with E-state index in [-0.39, 0.29) is 4.11 Å². The highest BCUT2D eigenvalue weighted by molar-refractivity contribution is 7.44. The Hall–Kier alpha value is -1.24. The molecule has 0 rings (SSSR count). The highest BCUT2D eigenvalue weighted by atomic mass is 32.1. The number of carboxylic acid groups (broad SMARTS) is 1. The summed E-state index contributed by atoms with van der Waals surface area (Å²) >= 11 is 4.00. The number of carboxylic acids is 1. The van der Waals surface area contributed by atoms with Gasteiger partial charge in [0, 0.05) is 0 Å². The lowest BCUT2D eigenvalue weighted by molar-refractivity contribution is -0.430. The molecule has 62 valence electrons. The van der Waals surface area contributed by atoms with Crippen molar-refractivity contribution in [1.29, 1.82) is 0 Å². The number of hydroxylamine groups is 1. The average Bonchev–Trinajstić information content (AvgIpc) is 1.81. The minimum Gasteiger partial charge on any atom is -0.610 e. The monoisotopic (exact) mass is 178 g/mol. The fourth-order valence-electron chi connectivity index (χ4n) is 0.439. The summed E-state index contributed by atoms with van der Waals surface area (Å²) < 4.78 is -0.0659. The van der Waals surface area contributed by atoms with Gasteiger partial charge in [0.15, 0.2) is 12.5 Å². The molecule has 0 aliphatic rings. The van der Waals surface area contributed by atoms with Crippen LogP contribution in [0.5, 0.6) is 0 Å². The maximum absolute atomic E-state index is 10.3. The Kier molecular flexibility index (Phi) is 3.38. The SMILES string of the molecule is NC(=O)C(C[N+]([O-])=S)C(=O)O. The van der Waals surface area contributed by atoms with Crippen LogP contribution >= 0.6 is 0 Å². The largest absolute Gasteiger partial charge is 0.610 e. The van der Waals surface area contributed by atoms with Gasteiger partial charge in [-0.1, -0.05) is 0 Å². The molecule has 11 heavy (non-hydrogen) atoms. The molecule has 6 nitrogen and oxygen atoms in total. The molecule has 0 aliphatic heterocycles. The van der Waals surface area contributed by atoms with Gasteiger partial charge in [-0.05, 0) is 0 Å². The fraction of sp³-hybridized carbons (Fsp3) is 0.500. The van der Waals surface area contributed by atoms with Crippen molar-refractivity contribution in [3.05, 3.63) is 5.21 Å². The van der Waals surface area contributed by atoms with Crippen LogP contribution in [0.25, 0.3) is 0 Å². The molecule has 0 radical (unpaired) electrons. The van der Waals surface area contributed by atoms with Crippen molar-refractivity contribution < 1.29 is 18.8 Å². The number of primary amides is 1. The summed E-state index contributed by atoms with van der Waals surface area (Å²) in [6.07, 6.45) is 0. The number of hydrogen-bond acceptors (Lipinski definition) is 4. The van der Waals surface area contributed by atoms with Crippen molar-refractivity contribution in [1.82, 2.24) is 0 Å². The standard InChI is InChI=1S/C4H6N2O4S/c5-3(7)2(4(8)9)1-6(10)11/h2H,1H2,(H2,5,7)(H,8,9). The summed E-state index contributed by atoms with van der Waals surface area (Å²) in [7, 11) is 0. The number of amides is 1. The smallest absolute Gasteiger partial charge is 0.322 e. The molecule has 0 bridgehead atoms. The maximum atomic E-state index is 10.3. The number of nitrogens with two attached hydrogens (primary N) is 1. The van der Waals surface area contributed by atoms with Crippen LogP contribution in [0.4, 0.5) is 0 Å². The van der Waals surface area contributed by atoms with Gasteiger partial charge in [-0.15, -0.1) is 4.11 Å². The lowest BCUT2D eigenvalue weighted by Crippen LogP contribution is -2.35. The molecule has 0 saturated heterocycles. The van der Waals surface area contributed by atoms with Crippen molar-refractivity contribution in [2.24, 2.45) is 11.7 Å². The highest BCUT2D eigenvalue weighted by Gasteiger charge is 2.27. The third kappa shape index (κ3) is 3.46. The lowest BCUT2D eigenvalue weighted by atomic mass is 10.1. The molecule has 3 N–H and O–H groups in total.